The fourth-order valence-electron chi connectivity index (χ4n) is 1.24. The van der Waals surface area contributed by atoms with Crippen molar-refractivity contribution in [3.63, 3.8) is 0 Å². The van der Waals surface area contributed by atoms with Gasteiger partial charge in [-0.3, -0.25) is 5.32 Å². The Morgan fingerprint density at radius 2 is 2.38 bits per heavy atom. The Hall–Kier alpha value is -0.980. The Balaban J connectivity index is 2.67. The molecular formula is C10H16N2O3S. The fourth-order valence-corrected chi connectivity index (χ4v) is 1.88. The smallest absolute Gasteiger partial charge is 0.329 e. The van der Waals surface area contributed by atoms with Crippen LogP contribution in [0, 0.1) is 6.92 Å². The highest BCUT2D eigenvalue weighted by molar-refractivity contribution is 7.09. The fraction of sp³-hybridized carbons (Fsp3) is 0.600. The van der Waals surface area contributed by atoms with E-state index in [0.29, 0.717) is 18.8 Å². The molecular weight excluding hydrogens is 228 g/mol. The maximum Gasteiger partial charge on any atom is 0.329 e. The number of ether oxygens (including phenoxy) is 2. The minimum absolute atomic E-state index is 0.332. The number of esters is 1. The van der Waals surface area contributed by atoms with Crippen LogP contribution >= 0.6 is 11.3 Å². The number of hydrogen-bond donors (Lipinski definition) is 1. The first-order chi connectivity index (χ1) is 7.69. The summed E-state index contributed by atoms with van der Waals surface area (Å²) >= 11 is 1.51. The van der Waals surface area contributed by atoms with E-state index < -0.39 is 6.04 Å². The van der Waals surface area contributed by atoms with Crippen LogP contribution in [-0.4, -0.2) is 38.3 Å². The Morgan fingerprint density at radius 3 is 2.88 bits per heavy atom. The van der Waals surface area contributed by atoms with Gasteiger partial charge >= 0.3 is 5.97 Å². The first-order valence-electron chi connectivity index (χ1n) is 4.91. The van der Waals surface area contributed by atoms with E-state index in [1.54, 1.807) is 7.11 Å². The largest absolute Gasteiger partial charge is 0.468 e. The molecule has 0 fully saturated rings. The number of nitrogens with zero attached hydrogens (tertiary/aromatic N) is 1. The molecule has 6 heteroatoms. The summed E-state index contributed by atoms with van der Waals surface area (Å²) in [5, 5.41) is 5.83. The lowest BCUT2D eigenvalue weighted by Gasteiger charge is -2.13. The number of rotatable bonds is 6. The summed E-state index contributed by atoms with van der Waals surface area (Å²) in [5.41, 5.74) is 0.699. The number of aryl methyl sites for hydroxylation is 1. The van der Waals surface area contributed by atoms with E-state index in [2.05, 4.69) is 10.3 Å². The predicted octanol–water partition coefficient (Wildman–Crippen LogP) is 0.902. The lowest BCUT2D eigenvalue weighted by atomic mass is 10.2. The van der Waals surface area contributed by atoms with Crippen LogP contribution in [0.4, 0.5) is 0 Å². The van der Waals surface area contributed by atoms with Gasteiger partial charge in [0.1, 0.15) is 6.04 Å². The van der Waals surface area contributed by atoms with Gasteiger partial charge in [0.15, 0.2) is 0 Å². The number of methoxy groups -OCH3 is 2. The second kappa shape index (κ2) is 6.57. The summed E-state index contributed by atoms with van der Waals surface area (Å²) < 4.78 is 9.64. The van der Waals surface area contributed by atoms with Crippen molar-refractivity contribution in [2.45, 2.75) is 13.0 Å². The van der Waals surface area contributed by atoms with Gasteiger partial charge in [0.25, 0.3) is 0 Å². The molecule has 0 aliphatic rings. The summed E-state index contributed by atoms with van der Waals surface area (Å²) in [6.45, 7) is 3.01. The van der Waals surface area contributed by atoms with E-state index in [1.165, 1.54) is 18.4 Å². The molecule has 1 aromatic heterocycles. The van der Waals surface area contributed by atoms with Crippen molar-refractivity contribution in [1.29, 1.82) is 0 Å². The zero-order chi connectivity index (χ0) is 12.0. The average molecular weight is 244 g/mol. The molecule has 0 bridgehead atoms. The summed E-state index contributed by atoms with van der Waals surface area (Å²) in [6, 6.07) is -0.509. The Bertz CT molecular complexity index is 341. The summed E-state index contributed by atoms with van der Waals surface area (Å²) in [7, 11) is 2.98. The minimum atomic E-state index is -0.509. The third-order valence-electron chi connectivity index (χ3n) is 2.02. The first kappa shape index (κ1) is 13.1. The van der Waals surface area contributed by atoms with Crippen LogP contribution in [0.5, 0.6) is 0 Å². The van der Waals surface area contributed by atoms with Crippen molar-refractivity contribution in [3.05, 3.63) is 16.1 Å². The standard InChI is InChI=1S/C10H16N2O3S/c1-7-12-8(6-16-7)9(10(13)15-3)11-4-5-14-2/h6,9,11H,4-5H2,1-3H3. The van der Waals surface area contributed by atoms with Crippen LogP contribution < -0.4 is 5.32 Å². The van der Waals surface area contributed by atoms with Crippen LogP contribution in [0.25, 0.3) is 0 Å². The van der Waals surface area contributed by atoms with Crippen molar-refractivity contribution in [1.82, 2.24) is 10.3 Å². The van der Waals surface area contributed by atoms with Crippen molar-refractivity contribution < 1.29 is 14.3 Å². The van der Waals surface area contributed by atoms with Gasteiger partial charge in [-0.2, -0.15) is 0 Å². The van der Waals surface area contributed by atoms with E-state index in [4.69, 9.17) is 9.47 Å². The van der Waals surface area contributed by atoms with E-state index in [9.17, 15) is 4.79 Å². The minimum Gasteiger partial charge on any atom is -0.468 e. The van der Waals surface area contributed by atoms with Gasteiger partial charge in [-0.05, 0) is 6.92 Å². The van der Waals surface area contributed by atoms with E-state index in [1.807, 2.05) is 12.3 Å². The molecule has 1 rings (SSSR count). The molecule has 0 aromatic carbocycles. The molecule has 0 saturated heterocycles. The predicted molar refractivity (Wildman–Crippen MR) is 61.5 cm³/mol. The molecule has 16 heavy (non-hydrogen) atoms. The van der Waals surface area contributed by atoms with Crippen molar-refractivity contribution in [3.8, 4) is 0 Å². The van der Waals surface area contributed by atoms with Gasteiger partial charge in [0.05, 0.1) is 24.4 Å². The molecule has 0 aliphatic carbocycles. The molecule has 1 N–H and O–H groups in total. The number of carbonyl (C=O) groups is 1. The van der Waals surface area contributed by atoms with Crippen molar-refractivity contribution in [2.75, 3.05) is 27.4 Å². The average Bonchev–Trinajstić information content (AvgIpc) is 2.70. The Kier molecular flexibility index (Phi) is 5.37. The van der Waals surface area contributed by atoms with Gasteiger partial charge in [-0.25, -0.2) is 9.78 Å². The Morgan fingerprint density at radius 1 is 1.62 bits per heavy atom. The number of hydrogen-bond acceptors (Lipinski definition) is 6. The van der Waals surface area contributed by atoms with Gasteiger partial charge in [-0.15, -0.1) is 11.3 Å². The van der Waals surface area contributed by atoms with Crippen LogP contribution in [0.2, 0.25) is 0 Å². The summed E-state index contributed by atoms with van der Waals surface area (Å²) in [5.74, 6) is -0.332. The molecule has 1 heterocycles. The summed E-state index contributed by atoms with van der Waals surface area (Å²) in [4.78, 5) is 15.8. The third-order valence-corrected chi connectivity index (χ3v) is 2.82. The number of thiazole rings is 1. The first-order valence-corrected chi connectivity index (χ1v) is 5.79. The van der Waals surface area contributed by atoms with Crippen LogP contribution in [0.1, 0.15) is 16.7 Å². The maximum atomic E-state index is 11.6. The van der Waals surface area contributed by atoms with E-state index >= 15 is 0 Å². The topological polar surface area (TPSA) is 60.5 Å². The number of carbonyl (C=O) groups excluding carboxylic acids is 1. The molecule has 1 unspecified atom stereocenters. The Labute approximate surface area is 98.8 Å². The molecule has 1 aromatic rings. The highest BCUT2D eigenvalue weighted by Gasteiger charge is 2.22. The quantitative estimate of drug-likeness (QED) is 0.595. The highest BCUT2D eigenvalue weighted by atomic mass is 32.1. The molecule has 0 spiro atoms. The van der Waals surface area contributed by atoms with Gasteiger partial charge in [0, 0.05) is 19.0 Å². The number of aromatic nitrogens is 1. The molecule has 0 aliphatic heterocycles. The number of nitrogens with one attached hydrogen (secondary N) is 1. The van der Waals surface area contributed by atoms with Gasteiger partial charge in [-0.1, -0.05) is 0 Å². The molecule has 1 atom stereocenters. The highest BCUT2D eigenvalue weighted by Crippen LogP contribution is 2.17. The van der Waals surface area contributed by atoms with Crippen LogP contribution in [-0.2, 0) is 14.3 Å². The van der Waals surface area contributed by atoms with Crippen molar-refractivity contribution in [2.24, 2.45) is 0 Å². The van der Waals surface area contributed by atoms with Gasteiger partial charge in [0.2, 0.25) is 0 Å². The molecule has 0 radical (unpaired) electrons. The van der Waals surface area contributed by atoms with Crippen molar-refractivity contribution >= 4 is 17.3 Å². The lowest BCUT2D eigenvalue weighted by molar-refractivity contribution is -0.143. The van der Waals surface area contributed by atoms with Crippen LogP contribution in [0.3, 0.4) is 0 Å². The maximum absolute atomic E-state index is 11.6. The lowest BCUT2D eigenvalue weighted by Crippen LogP contribution is -2.32. The SMILES string of the molecule is COCCNC(C(=O)OC)c1csc(C)n1. The zero-order valence-corrected chi connectivity index (χ0v) is 10.5. The van der Waals surface area contributed by atoms with Crippen LogP contribution in [0.15, 0.2) is 5.38 Å². The zero-order valence-electron chi connectivity index (χ0n) is 9.65. The molecule has 5 nitrogen and oxygen atoms in total. The van der Waals surface area contributed by atoms with E-state index in [-0.39, 0.29) is 5.97 Å². The molecule has 0 saturated carbocycles. The monoisotopic (exact) mass is 244 g/mol. The third kappa shape index (κ3) is 3.55. The molecule has 0 amide bonds. The summed E-state index contributed by atoms with van der Waals surface area (Å²) in [6.07, 6.45) is 0. The normalized spacial score (nSPS) is 12.4. The van der Waals surface area contributed by atoms with Gasteiger partial charge < -0.3 is 9.47 Å². The second-order valence-electron chi connectivity index (χ2n) is 3.19. The van der Waals surface area contributed by atoms with E-state index in [0.717, 1.165) is 5.01 Å². The molecule has 90 valence electrons. The second-order valence-corrected chi connectivity index (χ2v) is 4.26.